The number of nitrogens with zero attached hydrogens (tertiary/aromatic N) is 1. The van der Waals surface area contributed by atoms with Crippen molar-refractivity contribution < 1.29 is 10.0 Å². The van der Waals surface area contributed by atoms with E-state index in [2.05, 4.69) is 15.9 Å². The zero-order valence-electron chi connectivity index (χ0n) is 7.48. The third-order valence-corrected chi connectivity index (χ3v) is 2.80. The summed E-state index contributed by atoms with van der Waals surface area (Å²) in [5.74, 6) is 0.0306. The van der Waals surface area contributed by atoms with Crippen LogP contribution in [-0.2, 0) is 0 Å². The highest BCUT2D eigenvalue weighted by Gasteiger charge is 2.15. The Hall–Kier alpha value is -1.62. The first-order valence-electron chi connectivity index (χ1n) is 4.16. The van der Waals surface area contributed by atoms with E-state index in [-0.39, 0.29) is 11.4 Å². The Labute approximate surface area is 93.4 Å². The van der Waals surface area contributed by atoms with E-state index in [9.17, 15) is 15.2 Å². The molecule has 0 fully saturated rings. The van der Waals surface area contributed by atoms with Gasteiger partial charge in [-0.25, -0.2) is 0 Å². The van der Waals surface area contributed by atoms with Crippen molar-refractivity contribution in [1.82, 2.24) is 0 Å². The number of phenols is 1. The summed E-state index contributed by atoms with van der Waals surface area (Å²) in [5, 5.41) is 21.2. The predicted molar refractivity (Wildman–Crippen MR) is 60.0 cm³/mol. The van der Waals surface area contributed by atoms with E-state index in [1.54, 1.807) is 18.2 Å². The Morgan fingerprint density at radius 3 is 2.67 bits per heavy atom. The standard InChI is InChI=1S/C10H6BrNO3/c11-7-3-1-2-6-8(12(14)15)4-5-9(13)10(6)7/h1-5,13H. The molecule has 2 aromatic rings. The Balaban J connectivity index is 2.95. The number of aromatic hydroxyl groups is 1. The van der Waals surface area contributed by atoms with Crippen molar-refractivity contribution in [3.63, 3.8) is 0 Å². The fourth-order valence-corrected chi connectivity index (χ4v) is 2.06. The molecule has 0 aliphatic heterocycles. The SMILES string of the molecule is O=[N+]([O-])c1ccc(O)c2c(Br)cccc12. The van der Waals surface area contributed by atoms with Gasteiger partial charge in [-0.2, -0.15) is 0 Å². The normalized spacial score (nSPS) is 10.5. The summed E-state index contributed by atoms with van der Waals surface area (Å²) < 4.78 is 0.640. The molecule has 0 amide bonds. The van der Waals surface area contributed by atoms with E-state index in [1.165, 1.54) is 12.1 Å². The molecule has 2 rings (SSSR count). The van der Waals surface area contributed by atoms with Crippen molar-refractivity contribution in [2.24, 2.45) is 0 Å². The van der Waals surface area contributed by atoms with Crippen LogP contribution < -0.4 is 0 Å². The van der Waals surface area contributed by atoms with Crippen LogP contribution in [0.25, 0.3) is 10.8 Å². The van der Waals surface area contributed by atoms with Gasteiger partial charge in [-0.1, -0.05) is 22.0 Å². The molecule has 0 unspecified atom stereocenters. The summed E-state index contributed by atoms with van der Waals surface area (Å²) in [6, 6.07) is 7.65. The molecule has 5 heteroatoms. The van der Waals surface area contributed by atoms with Crippen LogP contribution in [0.15, 0.2) is 34.8 Å². The summed E-state index contributed by atoms with van der Waals surface area (Å²) in [7, 11) is 0. The van der Waals surface area contributed by atoms with Crippen LogP contribution in [0.4, 0.5) is 5.69 Å². The van der Waals surface area contributed by atoms with E-state index in [0.717, 1.165) is 0 Å². The highest BCUT2D eigenvalue weighted by atomic mass is 79.9. The van der Waals surface area contributed by atoms with Crippen molar-refractivity contribution in [3.8, 4) is 5.75 Å². The van der Waals surface area contributed by atoms with Gasteiger partial charge in [-0.15, -0.1) is 0 Å². The maximum absolute atomic E-state index is 10.7. The molecule has 0 saturated heterocycles. The van der Waals surface area contributed by atoms with E-state index < -0.39 is 4.92 Å². The molecule has 1 N–H and O–H groups in total. The fraction of sp³-hybridized carbons (Fsp3) is 0. The number of rotatable bonds is 1. The summed E-state index contributed by atoms with van der Waals surface area (Å²) in [5.41, 5.74) is -0.0101. The molecule has 76 valence electrons. The third-order valence-electron chi connectivity index (χ3n) is 2.14. The van der Waals surface area contributed by atoms with Crippen molar-refractivity contribution in [3.05, 3.63) is 44.9 Å². The van der Waals surface area contributed by atoms with E-state index >= 15 is 0 Å². The Bertz CT molecular complexity index is 545. The molecular weight excluding hydrogens is 262 g/mol. The molecule has 15 heavy (non-hydrogen) atoms. The minimum Gasteiger partial charge on any atom is -0.507 e. The lowest BCUT2D eigenvalue weighted by molar-refractivity contribution is -0.383. The molecule has 0 radical (unpaired) electrons. The first-order valence-corrected chi connectivity index (χ1v) is 4.95. The molecule has 4 nitrogen and oxygen atoms in total. The average molecular weight is 268 g/mol. The van der Waals surface area contributed by atoms with Gasteiger partial charge in [0.05, 0.1) is 10.3 Å². The maximum atomic E-state index is 10.7. The highest BCUT2D eigenvalue weighted by molar-refractivity contribution is 9.10. The van der Waals surface area contributed by atoms with Crippen molar-refractivity contribution >= 4 is 32.4 Å². The first-order chi connectivity index (χ1) is 7.11. The quantitative estimate of drug-likeness (QED) is 0.638. The fourth-order valence-electron chi connectivity index (χ4n) is 1.49. The van der Waals surface area contributed by atoms with Crippen LogP contribution in [0.2, 0.25) is 0 Å². The second-order valence-electron chi connectivity index (χ2n) is 3.02. The summed E-state index contributed by atoms with van der Waals surface area (Å²) in [6.07, 6.45) is 0. The van der Waals surface area contributed by atoms with Crippen LogP contribution in [0.1, 0.15) is 0 Å². The highest BCUT2D eigenvalue weighted by Crippen LogP contribution is 2.36. The van der Waals surface area contributed by atoms with Crippen LogP contribution in [0.5, 0.6) is 5.75 Å². The van der Waals surface area contributed by atoms with Crippen LogP contribution in [0.3, 0.4) is 0 Å². The summed E-state index contributed by atoms with van der Waals surface area (Å²) >= 11 is 3.25. The largest absolute Gasteiger partial charge is 0.507 e. The number of hydrogen-bond donors (Lipinski definition) is 1. The lowest BCUT2D eigenvalue weighted by Gasteiger charge is -2.03. The average Bonchev–Trinajstić information content (AvgIpc) is 2.17. The van der Waals surface area contributed by atoms with Gasteiger partial charge < -0.3 is 5.11 Å². The Kier molecular flexibility index (Phi) is 2.32. The smallest absolute Gasteiger partial charge is 0.277 e. The monoisotopic (exact) mass is 267 g/mol. The third kappa shape index (κ3) is 1.55. The molecule has 0 spiro atoms. The topological polar surface area (TPSA) is 63.4 Å². The predicted octanol–water partition coefficient (Wildman–Crippen LogP) is 3.22. The number of phenolic OH excluding ortho intramolecular Hbond substituents is 1. The molecule has 0 aromatic heterocycles. The number of non-ortho nitro benzene ring substituents is 1. The molecule has 0 aliphatic rings. The zero-order chi connectivity index (χ0) is 11.0. The molecular formula is C10H6BrNO3. The first kappa shape index (κ1) is 9.92. The van der Waals surface area contributed by atoms with Gasteiger partial charge in [-0.3, -0.25) is 10.1 Å². The Morgan fingerprint density at radius 2 is 2.00 bits per heavy atom. The van der Waals surface area contributed by atoms with Gasteiger partial charge in [0, 0.05) is 15.9 Å². The molecule has 0 bridgehead atoms. The lowest BCUT2D eigenvalue weighted by Crippen LogP contribution is -1.89. The molecule has 0 saturated carbocycles. The number of nitro groups is 1. The molecule has 2 aromatic carbocycles. The number of nitro benzene ring substituents is 1. The number of benzene rings is 2. The lowest BCUT2D eigenvalue weighted by atomic mass is 10.1. The molecule has 0 atom stereocenters. The summed E-state index contributed by atoms with van der Waals surface area (Å²) in [4.78, 5) is 10.3. The molecule has 0 heterocycles. The van der Waals surface area contributed by atoms with E-state index in [4.69, 9.17) is 0 Å². The minimum atomic E-state index is -0.464. The van der Waals surface area contributed by atoms with Crippen LogP contribution in [-0.4, -0.2) is 10.0 Å². The zero-order valence-corrected chi connectivity index (χ0v) is 9.06. The van der Waals surface area contributed by atoms with Crippen LogP contribution in [0, 0.1) is 10.1 Å². The minimum absolute atomic E-state index is 0.0101. The van der Waals surface area contributed by atoms with Gasteiger partial charge in [0.2, 0.25) is 0 Å². The number of hydrogen-bond acceptors (Lipinski definition) is 3. The van der Waals surface area contributed by atoms with Crippen LogP contribution >= 0.6 is 15.9 Å². The van der Waals surface area contributed by atoms with Crippen molar-refractivity contribution in [1.29, 1.82) is 0 Å². The van der Waals surface area contributed by atoms with Gasteiger partial charge in [-0.05, 0) is 18.2 Å². The second-order valence-corrected chi connectivity index (χ2v) is 3.88. The van der Waals surface area contributed by atoms with E-state index in [0.29, 0.717) is 15.2 Å². The van der Waals surface area contributed by atoms with Crippen molar-refractivity contribution in [2.75, 3.05) is 0 Å². The Morgan fingerprint density at radius 1 is 1.27 bits per heavy atom. The van der Waals surface area contributed by atoms with Gasteiger partial charge in [0.25, 0.3) is 5.69 Å². The van der Waals surface area contributed by atoms with Gasteiger partial charge in [0.15, 0.2) is 0 Å². The number of halogens is 1. The van der Waals surface area contributed by atoms with Gasteiger partial charge >= 0.3 is 0 Å². The van der Waals surface area contributed by atoms with E-state index in [1.807, 2.05) is 0 Å². The van der Waals surface area contributed by atoms with Crippen molar-refractivity contribution in [2.45, 2.75) is 0 Å². The summed E-state index contributed by atoms with van der Waals surface area (Å²) in [6.45, 7) is 0. The number of fused-ring (bicyclic) bond motifs is 1. The molecule has 0 aliphatic carbocycles. The maximum Gasteiger partial charge on any atom is 0.277 e. The van der Waals surface area contributed by atoms with Gasteiger partial charge in [0.1, 0.15) is 5.75 Å². The second kappa shape index (κ2) is 3.51.